The first-order chi connectivity index (χ1) is 14.6. The van der Waals surface area contributed by atoms with Gasteiger partial charge in [0.2, 0.25) is 5.91 Å². The number of carbonyl (C=O) groups is 1. The molecule has 0 saturated carbocycles. The van der Waals surface area contributed by atoms with Gasteiger partial charge in [-0.2, -0.15) is 0 Å². The molecule has 0 spiro atoms. The van der Waals surface area contributed by atoms with Crippen LogP contribution in [0.5, 0.6) is 0 Å². The van der Waals surface area contributed by atoms with E-state index in [9.17, 15) is 4.79 Å². The van der Waals surface area contributed by atoms with Crippen LogP contribution in [-0.2, 0) is 11.3 Å². The van der Waals surface area contributed by atoms with Crippen molar-refractivity contribution in [3.05, 3.63) is 40.4 Å². The van der Waals surface area contributed by atoms with Crippen molar-refractivity contribution in [3.63, 3.8) is 0 Å². The van der Waals surface area contributed by atoms with E-state index >= 15 is 0 Å². The summed E-state index contributed by atoms with van der Waals surface area (Å²) in [4.78, 5) is 21.2. The lowest BCUT2D eigenvalue weighted by Crippen LogP contribution is -2.40. The summed E-state index contributed by atoms with van der Waals surface area (Å²) < 4.78 is 0. The molecule has 0 unspecified atom stereocenters. The molecule has 164 valence electrons. The molecular weight excluding hydrogens is 390 g/mol. The first-order valence-corrected chi connectivity index (χ1v) is 12.4. The van der Waals surface area contributed by atoms with Crippen molar-refractivity contribution in [2.24, 2.45) is 5.92 Å². The summed E-state index contributed by atoms with van der Waals surface area (Å²) in [6.07, 6.45) is 8.09. The van der Waals surface area contributed by atoms with Crippen LogP contribution in [0.2, 0.25) is 0 Å². The Morgan fingerprint density at radius 3 is 2.60 bits per heavy atom. The molecule has 1 aliphatic rings. The number of hydrogen-bond acceptors (Lipinski definition) is 4. The van der Waals surface area contributed by atoms with E-state index in [4.69, 9.17) is 4.98 Å². The van der Waals surface area contributed by atoms with Crippen molar-refractivity contribution in [1.82, 2.24) is 15.2 Å². The van der Waals surface area contributed by atoms with Crippen LogP contribution in [0.4, 0.5) is 0 Å². The average Bonchev–Trinajstić information content (AvgIpc) is 3.11. The van der Waals surface area contributed by atoms with Gasteiger partial charge in [-0.15, -0.1) is 11.3 Å². The maximum absolute atomic E-state index is 12.5. The summed E-state index contributed by atoms with van der Waals surface area (Å²) in [5.74, 6) is 0.438. The number of aryl methyl sites for hydroxylation is 2. The molecule has 5 heteroatoms. The number of likely N-dealkylation sites (tertiary alicyclic amines) is 1. The molecule has 0 radical (unpaired) electrons. The number of unbranched alkanes of at least 4 members (excludes halogenated alkanes) is 4. The van der Waals surface area contributed by atoms with Gasteiger partial charge in [-0.1, -0.05) is 56.9 Å². The van der Waals surface area contributed by atoms with E-state index in [-0.39, 0.29) is 11.8 Å². The lowest BCUT2D eigenvalue weighted by molar-refractivity contribution is -0.126. The molecular formula is C25H37N3OS. The highest BCUT2D eigenvalue weighted by molar-refractivity contribution is 7.15. The summed E-state index contributed by atoms with van der Waals surface area (Å²) in [7, 11) is 0. The van der Waals surface area contributed by atoms with E-state index in [0.717, 1.165) is 50.4 Å². The van der Waals surface area contributed by atoms with Crippen molar-refractivity contribution in [2.75, 3.05) is 19.6 Å². The Balaban J connectivity index is 1.44. The van der Waals surface area contributed by atoms with E-state index in [2.05, 4.69) is 55.3 Å². The number of rotatable bonds is 10. The van der Waals surface area contributed by atoms with Crippen LogP contribution < -0.4 is 5.32 Å². The fraction of sp³-hybridized carbons (Fsp3) is 0.600. The molecule has 1 aliphatic heterocycles. The van der Waals surface area contributed by atoms with Gasteiger partial charge in [0.1, 0.15) is 5.01 Å². The largest absolute Gasteiger partial charge is 0.356 e. The Morgan fingerprint density at radius 2 is 1.87 bits per heavy atom. The SMILES string of the molecule is CCCCCCCNC(=O)C1CCN(Cc2nc(-c3ccccc3C)sc2C)CC1. The summed E-state index contributed by atoms with van der Waals surface area (Å²) in [6.45, 7) is 10.2. The average molecular weight is 428 g/mol. The zero-order valence-electron chi connectivity index (χ0n) is 18.9. The van der Waals surface area contributed by atoms with Gasteiger partial charge in [0.15, 0.2) is 0 Å². The highest BCUT2D eigenvalue weighted by Gasteiger charge is 2.25. The quantitative estimate of drug-likeness (QED) is 0.493. The number of thiazole rings is 1. The number of nitrogens with zero attached hydrogens (tertiary/aromatic N) is 2. The van der Waals surface area contributed by atoms with Crippen LogP contribution >= 0.6 is 11.3 Å². The fourth-order valence-electron chi connectivity index (χ4n) is 4.15. The number of aromatic nitrogens is 1. The van der Waals surface area contributed by atoms with Crippen molar-refractivity contribution in [2.45, 2.75) is 72.3 Å². The van der Waals surface area contributed by atoms with Crippen LogP contribution in [0.1, 0.15) is 68.0 Å². The van der Waals surface area contributed by atoms with Crippen molar-refractivity contribution >= 4 is 17.2 Å². The second-order valence-corrected chi connectivity index (χ2v) is 9.80. The Morgan fingerprint density at radius 1 is 1.13 bits per heavy atom. The van der Waals surface area contributed by atoms with Gasteiger partial charge in [0.05, 0.1) is 5.69 Å². The van der Waals surface area contributed by atoms with E-state index < -0.39 is 0 Å². The van der Waals surface area contributed by atoms with Crippen LogP contribution in [0, 0.1) is 19.8 Å². The Hall–Kier alpha value is -1.72. The van der Waals surface area contributed by atoms with Crippen LogP contribution in [0.3, 0.4) is 0 Å². The predicted octanol–water partition coefficient (Wildman–Crippen LogP) is 5.73. The lowest BCUT2D eigenvalue weighted by Gasteiger charge is -2.31. The third-order valence-corrected chi connectivity index (χ3v) is 7.23. The van der Waals surface area contributed by atoms with Gasteiger partial charge in [0.25, 0.3) is 0 Å². The normalized spacial score (nSPS) is 15.4. The molecule has 0 aliphatic carbocycles. The molecule has 1 aromatic heterocycles. The minimum absolute atomic E-state index is 0.177. The second kappa shape index (κ2) is 11.6. The summed E-state index contributed by atoms with van der Waals surface area (Å²) in [6, 6.07) is 8.46. The number of carbonyl (C=O) groups excluding carboxylic acids is 1. The Kier molecular flexibility index (Phi) is 8.88. The van der Waals surface area contributed by atoms with Gasteiger partial charge >= 0.3 is 0 Å². The van der Waals surface area contributed by atoms with E-state index in [1.807, 2.05) is 0 Å². The fourth-order valence-corrected chi connectivity index (χ4v) is 5.17. The van der Waals surface area contributed by atoms with Crippen molar-refractivity contribution < 1.29 is 4.79 Å². The van der Waals surface area contributed by atoms with Gasteiger partial charge in [-0.3, -0.25) is 9.69 Å². The first-order valence-electron chi connectivity index (χ1n) is 11.6. The minimum atomic E-state index is 0.177. The minimum Gasteiger partial charge on any atom is -0.356 e. The molecule has 4 nitrogen and oxygen atoms in total. The zero-order valence-corrected chi connectivity index (χ0v) is 19.7. The summed E-state index contributed by atoms with van der Waals surface area (Å²) >= 11 is 1.79. The molecule has 1 fully saturated rings. The Bertz CT molecular complexity index is 808. The van der Waals surface area contributed by atoms with Crippen LogP contribution in [0.15, 0.2) is 24.3 Å². The standard InChI is InChI=1S/C25H37N3OS/c1-4-5-6-7-10-15-26-24(29)21-13-16-28(17-14-21)18-23-20(3)30-25(27-23)22-12-9-8-11-19(22)2/h8-9,11-12,21H,4-7,10,13-18H2,1-3H3,(H,26,29). The molecule has 3 rings (SSSR count). The van der Waals surface area contributed by atoms with E-state index in [1.54, 1.807) is 11.3 Å². The second-order valence-electron chi connectivity index (χ2n) is 8.59. The van der Waals surface area contributed by atoms with Gasteiger partial charge in [-0.25, -0.2) is 4.98 Å². The molecule has 2 heterocycles. The number of nitrogens with one attached hydrogen (secondary N) is 1. The maximum Gasteiger partial charge on any atom is 0.223 e. The smallest absolute Gasteiger partial charge is 0.223 e. The Labute approximate surface area is 186 Å². The summed E-state index contributed by atoms with van der Waals surface area (Å²) in [5, 5.41) is 4.28. The predicted molar refractivity (Wildman–Crippen MR) is 127 cm³/mol. The van der Waals surface area contributed by atoms with E-state index in [0.29, 0.717) is 0 Å². The molecule has 2 aromatic rings. The monoisotopic (exact) mass is 427 g/mol. The molecule has 1 aromatic carbocycles. The maximum atomic E-state index is 12.5. The van der Waals surface area contributed by atoms with E-state index in [1.165, 1.54) is 47.4 Å². The van der Waals surface area contributed by atoms with Crippen LogP contribution in [0.25, 0.3) is 10.6 Å². The van der Waals surface area contributed by atoms with Crippen LogP contribution in [-0.4, -0.2) is 35.4 Å². The van der Waals surface area contributed by atoms with Gasteiger partial charge < -0.3 is 5.32 Å². The molecule has 0 bridgehead atoms. The highest BCUT2D eigenvalue weighted by atomic mass is 32.1. The van der Waals surface area contributed by atoms with Gasteiger partial charge in [0, 0.05) is 29.4 Å². The van der Waals surface area contributed by atoms with Crippen molar-refractivity contribution in [1.29, 1.82) is 0 Å². The third-order valence-electron chi connectivity index (χ3n) is 6.18. The number of piperidine rings is 1. The number of hydrogen-bond donors (Lipinski definition) is 1. The molecule has 1 saturated heterocycles. The molecule has 1 N–H and O–H groups in total. The van der Waals surface area contributed by atoms with Gasteiger partial charge in [-0.05, 0) is 51.8 Å². The highest BCUT2D eigenvalue weighted by Crippen LogP contribution is 2.31. The molecule has 1 amide bonds. The summed E-state index contributed by atoms with van der Waals surface area (Å²) in [5.41, 5.74) is 3.70. The zero-order chi connectivity index (χ0) is 21.3. The number of amides is 1. The molecule has 30 heavy (non-hydrogen) atoms. The lowest BCUT2D eigenvalue weighted by atomic mass is 9.95. The molecule has 0 atom stereocenters. The number of benzene rings is 1. The topological polar surface area (TPSA) is 45.2 Å². The van der Waals surface area contributed by atoms with Crippen molar-refractivity contribution in [3.8, 4) is 10.6 Å². The third kappa shape index (κ3) is 6.39. The first kappa shape index (κ1) is 23.0.